The van der Waals surface area contributed by atoms with Crippen molar-refractivity contribution in [2.45, 2.75) is 20.0 Å². The number of rotatable bonds is 4. The van der Waals surface area contributed by atoms with E-state index in [0.717, 1.165) is 5.56 Å². The Morgan fingerprint density at radius 3 is 2.28 bits per heavy atom. The number of benzene rings is 1. The zero-order chi connectivity index (χ0) is 13.9. The van der Waals surface area contributed by atoms with E-state index in [9.17, 15) is 9.90 Å². The Balaban J connectivity index is 3.25. The zero-order valence-corrected chi connectivity index (χ0v) is 11.4. The number of amides is 1. The molecule has 0 radical (unpaired) electrons. The minimum Gasteiger partial charge on any atom is -0.496 e. The minimum atomic E-state index is -1.06. The van der Waals surface area contributed by atoms with Gasteiger partial charge in [-0.1, -0.05) is 0 Å². The van der Waals surface area contributed by atoms with Crippen LogP contribution in [0.3, 0.4) is 0 Å². The number of ether oxygens (including phenoxy) is 2. The molecule has 1 atom stereocenters. The molecule has 5 nitrogen and oxygen atoms in total. The Morgan fingerprint density at radius 1 is 1.28 bits per heavy atom. The van der Waals surface area contributed by atoms with Gasteiger partial charge in [0.2, 0.25) is 0 Å². The van der Waals surface area contributed by atoms with Crippen molar-refractivity contribution in [1.82, 2.24) is 0 Å². The van der Waals surface area contributed by atoms with E-state index in [4.69, 9.17) is 9.47 Å². The molecule has 0 fully saturated rings. The van der Waals surface area contributed by atoms with Crippen LogP contribution in [-0.4, -0.2) is 38.4 Å². The normalized spacial score (nSPS) is 11.9. The van der Waals surface area contributed by atoms with Gasteiger partial charge in [-0.05, 0) is 25.5 Å². The molecule has 0 bridgehead atoms. The Labute approximate surface area is 107 Å². The fourth-order valence-electron chi connectivity index (χ4n) is 1.70. The smallest absolute Gasteiger partial charge is 0.255 e. The van der Waals surface area contributed by atoms with Gasteiger partial charge >= 0.3 is 0 Å². The number of carbonyl (C=O) groups excluding carboxylic acids is 1. The van der Waals surface area contributed by atoms with Crippen LogP contribution in [0.1, 0.15) is 12.5 Å². The molecule has 0 aliphatic carbocycles. The standard InChI is InChI=1S/C13H19NO4/c1-8-6-12(18-5)10(7-11(8)17-4)14(3)13(16)9(2)15/h6-7,9,15H,1-5H3. The van der Waals surface area contributed by atoms with E-state index in [0.29, 0.717) is 17.2 Å². The highest BCUT2D eigenvalue weighted by molar-refractivity contribution is 5.97. The van der Waals surface area contributed by atoms with E-state index >= 15 is 0 Å². The topological polar surface area (TPSA) is 59.0 Å². The summed E-state index contributed by atoms with van der Waals surface area (Å²) in [4.78, 5) is 13.1. The molecule has 18 heavy (non-hydrogen) atoms. The summed E-state index contributed by atoms with van der Waals surface area (Å²) >= 11 is 0. The number of aliphatic hydroxyl groups is 1. The monoisotopic (exact) mass is 253 g/mol. The summed E-state index contributed by atoms with van der Waals surface area (Å²) in [5.74, 6) is 0.819. The Bertz CT molecular complexity index is 443. The summed E-state index contributed by atoms with van der Waals surface area (Å²) < 4.78 is 10.5. The quantitative estimate of drug-likeness (QED) is 0.880. The molecular weight excluding hydrogens is 234 g/mol. The third-order valence-electron chi connectivity index (χ3n) is 2.75. The molecule has 0 saturated heterocycles. The van der Waals surface area contributed by atoms with Gasteiger partial charge in [0.15, 0.2) is 0 Å². The molecule has 100 valence electrons. The summed E-state index contributed by atoms with van der Waals surface area (Å²) in [5, 5.41) is 9.33. The molecule has 1 aromatic carbocycles. The van der Waals surface area contributed by atoms with Gasteiger partial charge in [-0.2, -0.15) is 0 Å². The minimum absolute atomic E-state index is 0.404. The summed E-state index contributed by atoms with van der Waals surface area (Å²) in [7, 11) is 4.68. The molecule has 1 N–H and O–H groups in total. The number of hydrogen-bond acceptors (Lipinski definition) is 4. The second-order valence-corrected chi connectivity index (χ2v) is 4.07. The van der Waals surface area contributed by atoms with Crippen LogP contribution in [0.5, 0.6) is 11.5 Å². The Kier molecular flexibility index (Phi) is 4.55. The average molecular weight is 253 g/mol. The van der Waals surface area contributed by atoms with E-state index in [1.165, 1.54) is 18.9 Å². The van der Waals surface area contributed by atoms with Gasteiger partial charge in [0.1, 0.15) is 17.6 Å². The van der Waals surface area contributed by atoms with Gasteiger partial charge in [-0.3, -0.25) is 4.79 Å². The number of likely N-dealkylation sites (N-methyl/N-ethyl adjacent to an activating group) is 1. The zero-order valence-electron chi connectivity index (χ0n) is 11.4. The summed E-state index contributed by atoms with van der Waals surface area (Å²) in [5.41, 5.74) is 1.47. The van der Waals surface area contributed by atoms with Crippen LogP contribution >= 0.6 is 0 Å². The number of hydrogen-bond donors (Lipinski definition) is 1. The van der Waals surface area contributed by atoms with Crippen molar-refractivity contribution in [3.63, 3.8) is 0 Å². The molecule has 0 heterocycles. The lowest BCUT2D eigenvalue weighted by molar-refractivity contribution is -0.125. The first kappa shape index (κ1) is 14.3. The van der Waals surface area contributed by atoms with Crippen LogP contribution in [0.15, 0.2) is 12.1 Å². The van der Waals surface area contributed by atoms with Gasteiger partial charge in [-0.15, -0.1) is 0 Å². The first-order valence-corrected chi connectivity index (χ1v) is 5.60. The highest BCUT2D eigenvalue weighted by atomic mass is 16.5. The summed E-state index contributed by atoms with van der Waals surface area (Å²) in [6, 6.07) is 3.51. The molecule has 0 aliphatic rings. The van der Waals surface area contributed by atoms with E-state index in [-0.39, 0.29) is 0 Å². The van der Waals surface area contributed by atoms with Crippen LogP contribution < -0.4 is 14.4 Å². The van der Waals surface area contributed by atoms with E-state index < -0.39 is 12.0 Å². The van der Waals surface area contributed by atoms with Crippen LogP contribution in [0.4, 0.5) is 5.69 Å². The average Bonchev–Trinajstić information content (AvgIpc) is 2.36. The number of anilines is 1. The van der Waals surface area contributed by atoms with Crippen LogP contribution in [-0.2, 0) is 4.79 Å². The second-order valence-electron chi connectivity index (χ2n) is 4.07. The van der Waals surface area contributed by atoms with Crippen molar-refractivity contribution in [1.29, 1.82) is 0 Å². The first-order chi connectivity index (χ1) is 8.42. The fraction of sp³-hybridized carbons (Fsp3) is 0.462. The largest absolute Gasteiger partial charge is 0.496 e. The molecule has 0 aromatic heterocycles. The lowest BCUT2D eigenvalue weighted by atomic mass is 10.1. The molecule has 1 amide bonds. The van der Waals surface area contributed by atoms with Crippen LogP contribution in [0, 0.1) is 6.92 Å². The van der Waals surface area contributed by atoms with Crippen molar-refractivity contribution in [2.75, 3.05) is 26.2 Å². The lowest BCUT2D eigenvalue weighted by Crippen LogP contribution is -2.34. The highest BCUT2D eigenvalue weighted by Gasteiger charge is 2.20. The molecule has 1 unspecified atom stereocenters. The number of aryl methyl sites for hydroxylation is 1. The third-order valence-corrected chi connectivity index (χ3v) is 2.75. The Hall–Kier alpha value is -1.75. The summed E-state index contributed by atoms with van der Waals surface area (Å²) in [6.45, 7) is 3.32. The van der Waals surface area contributed by atoms with E-state index in [1.807, 2.05) is 6.92 Å². The predicted octanol–water partition coefficient (Wildman–Crippen LogP) is 1.36. The lowest BCUT2D eigenvalue weighted by Gasteiger charge is -2.22. The molecular formula is C13H19NO4. The molecule has 5 heteroatoms. The Morgan fingerprint density at radius 2 is 1.83 bits per heavy atom. The van der Waals surface area contributed by atoms with Crippen molar-refractivity contribution in [2.24, 2.45) is 0 Å². The van der Waals surface area contributed by atoms with Crippen molar-refractivity contribution in [3.05, 3.63) is 17.7 Å². The number of nitrogens with zero attached hydrogens (tertiary/aromatic N) is 1. The summed E-state index contributed by atoms with van der Waals surface area (Å²) in [6.07, 6.45) is -1.06. The van der Waals surface area contributed by atoms with Crippen LogP contribution in [0.2, 0.25) is 0 Å². The SMILES string of the molecule is COc1cc(N(C)C(=O)C(C)O)c(OC)cc1C. The number of carbonyl (C=O) groups is 1. The first-order valence-electron chi connectivity index (χ1n) is 5.60. The molecule has 1 aromatic rings. The highest BCUT2D eigenvalue weighted by Crippen LogP contribution is 2.34. The van der Waals surface area contributed by atoms with Crippen molar-refractivity contribution in [3.8, 4) is 11.5 Å². The molecule has 1 rings (SSSR count). The maximum atomic E-state index is 11.8. The van der Waals surface area contributed by atoms with Gasteiger partial charge < -0.3 is 19.5 Å². The number of methoxy groups -OCH3 is 2. The number of aliphatic hydroxyl groups excluding tert-OH is 1. The van der Waals surface area contributed by atoms with Crippen LogP contribution in [0.25, 0.3) is 0 Å². The maximum absolute atomic E-state index is 11.8. The molecule has 0 spiro atoms. The van der Waals surface area contributed by atoms with Crippen molar-refractivity contribution < 1.29 is 19.4 Å². The fourth-order valence-corrected chi connectivity index (χ4v) is 1.70. The molecule has 0 saturated carbocycles. The maximum Gasteiger partial charge on any atom is 0.255 e. The van der Waals surface area contributed by atoms with E-state index in [1.54, 1.807) is 26.3 Å². The third kappa shape index (κ3) is 2.73. The predicted molar refractivity (Wildman–Crippen MR) is 69.4 cm³/mol. The van der Waals surface area contributed by atoms with Gasteiger partial charge in [0.05, 0.1) is 19.9 Å². The van der Waals surface area contributed by atoms with Crippen molar-refractivity contribution >= 4 is 11.6 Å². The van der Waals surface area contributed by atoms with Gasteiger partial charge in [0, 0.05) is 13.1 Å². The molecule has 0 aliphatic heterocycles. The second kappa shape index (κ2) is 5.73. The van der Waals surface area contributed by atoms with Gasteiger partial charge in [-0.25, -0.2) is 0 Å². The van der Waals surface area contributed by atoms with Gasteiger partial charge in [0.25, 0.3) is 5.91 Å². The van der Waals surface area contributed by atoms with E-state index in [2.05, 4.69) is 0 Å².